The van der Waals surface area contributed by atoms with Crippen LogP contribution in [0.2, 0.25) is 0 Å². The number of hydrogen-bond acceptors (Lipinski definition) is 4. The molecule has 24 heavy (non-hydrogen) atoms. The topological polar surface area (TPSA) is 55.5 Å². The summed E-state index contributed by atoms with van der Waals surface area (Å²) >= 11 is 1.86. The fourth-order valence-electron chi connectivity index (χ4n) is 2.90. The van der Waals surface area contributed by atoms with Crippen molar-refractivity contribution in [2.45, 2.75) is 51.5 Å². The van der Waals surface area contributed by atoms with Crippen LogP contribution in [0.15, 0.2) is 35.7 Å². The molecule has 3 nitrogen and oxygen atoms in total. The average molecular weight is 348 g/mol. The van der Waals surface area contributed by atoms with Crippen LogP contribution in [0.25, 0.3) is 0 Å². The minimum atomic E-state index is 0.217. The summed E-state index contributed by atoms with van der Waals surface area (Å²) in [4.78, 5) is 1.49. The van der Waals surface area contributed by atoms with Gasteiger partial charge in [-0.15, -0.1) is 11.3 Å². The minimum absolute atomic E-state index is 0.217. The molecule has 132 valence electrons. The molecular formula is C20H29NO2S. The SMILES string of the molecule is CCC(CCc1ccc(OCCCCO)c(CN)c1)c1cccs1. The van der Waals surface area contributed by atoms with Crippen LogP contribution in [0.3, 0.4) is 0 Å². The number of aliphatic hydroxyl groups is 1. The van der Waals surface area contributed by atoms with Crippen LogP contribution in [0.1, 0.15) is 54.5 Å². The smallest absolute Gasteiger partial charge is 0.123 e. The Kier molecular flexibility index (Phi) is 8.29. The van der Waals surface area contributed by atoms with Gasteiger partial charge in [-0.3, -0.25) is 0 Å². The van der Waals surface area contributed by atoms with E-state index in [1.54, 1.807) is 0 Å². The summed E-state index contributed by atoms with van der Waals surface area (Å²) in [5.41, 5.74) is 8.29. The number of benzene rings is 1. The molecule has 1 heterocycles. The van der Waals surface area contributed by atoms with E-state index in [-0.39, 0.29) is 6.61 Å². The van der Waals surface area contributed by atoms with Gasteiger partial charge in [0.25, 0.3) is 0 Å². The Morgan fingerprint density at radius 2 is 2.12 bits per heavy atom. The lowest BCUT2D eigenvalue weighted by Crippen LogP contribution is -2.05. The van der Waals surface area contributed by atoms with Crippen molar-refractivity contribution in [3.63, 3.8) is 0 Å². The number of aryl methyl sites for hydroxylation is 1. The third-order valence-electron chi connectivity index (χ3n) is 4.37. The van der Waals surface area contributed by atoms with E-state index in [9.17, 15) is 0 Å². The van der Waals surface area contributed by atoms with E-state index in [0.29, 0.717) is 19.1 Å². The molecule has 0 aliphatic heterocycles. The number of unbranched alkanes of at least 4 members (excludes halogenated alkanes) is 1. The predicted molar refractivity (Wildman–Crippen MR) is 102 cm³/mol. The lowest BCUT2D eigenvalue weighted by Gasteiger charge is -2.15. The predicted octanol–water partition coefficient (Wildman–Crippen LogP) is 4.48. The second-order valence-electron chi connectivity index (χ2n) is 6.08. The Bertz CT molecular complexity index is 583. The summed E-state index contributed by atoms with van der Waals surface area (Å²) in [6.45, 7) is 3.60. The standard InChI is InChI=1S/C20H29NO2S/c1-2-17(20-6-5-13-24-20)9-7-16-8-10-19(18(14-16)15-21)23-12-4-3-11-22/h5-6,8,10,13-14,17,22H,2-4,7,9,11-12,15,21H2,1H3. The molecule has 0 saturated carbocycles. The molecule has 2 rings (SSSR count). The van der Waals surface area contributed by atoms with Crippen LogP contribution in [-0.4, -0.2) is 18.3 Å². The van der Waals surface area contributed by atoms with Gasteiger partial charge in [-0.25, -0.2) is 0 Å². The van der Waals surface area contributed by atoms with Crippen molar-refractivity contribution in [1.82, 2.24) is 0 Å². The second-order valence-corrected chi connectivity index (χ2v) is 7.06. The maximum atomic E-state index is 8.82. The molecule has 0 fully saturated rings. The van der Waals surface area contributed by atoms with Gasteiger partial charge < -0.3 is 15.6 Å². The Morgan fingerprint density at radius 3 is 2.79 bits per heavy atom. The fraction of sp³-hybridized carbons (Fsp3) is 0.500. The first-order valence-electron chi connectivity index (χ1n) is 8.87. The monoisotopic (exact) mass is 347 g/mol. The number of nitrogens with two attached hydrogens (primary N) is 1. The molecule has 1 aromatic heterocycles. The molecule has 0 bridgehead atoms. The van der Waals surface area contributed by atoms with Gasteiger partial charge in [0.1, 0.15) is 5.75 Å². The van der Waals surface area contributed by atoms with Crippen LogP contribution < -0.4 is 10.5 Å². The number of aliphatic hydroxyl groups excluding tert-OH is 1. The van der Waals surface area contributed by atoms with Gasteiger partial charge in [0.15, 0.2) is 0 Å². The molecular weight excluding hydrogens is 318 g/mol. The fourth-order valence-corrected chi connectivity index (χ4v) is 3.85. The van der Waals surface area contributed by atoms with Crippen molar-refractivity contribution in [3.8, 4) is 5.75 Å². The lowest BCUT2D eigenvalue weighted by atomic mass is 9.95. The summed E-state index contributed by atoms with van der Waals surface area (Å²) in [7, 11) is 0. The average Bonchev–Trinajstić information content (AvgIpc) is 3.14. The molecule has 3 N–H and O–H groups in total. The summed E-state index contributed by atoms with van der Waals surface area (Å²) < 4.78 is 5.80. The Balaban J connectivity index is 1.93. The number of hydrogen-bond donors (Lipinski definition) is 2. The number of thiophene rings is 1. The van der Waals surface area contributed by atoms with Gasteiger partial charge in [0.2, 0.25) is 0 Å². The Labute approximate surface area is 149 Å². The molecule has 4 heteroatoms. The van der Waals surface area contributed by atoms with Gasteiger partial charge in [0.05, 0.1) is 6.61 Å². The van der Waals surface area contributed by atoms with E-state index in [1.807, 2.05) is 17.4 Å². The first-order chi connectivity index (χ1) is 11.8. The van der Waals surface area contributed by atoms with E-state index in [4.69, 9.17) is 15.6 Å². The first kappa shape index (κ1) is 19.0. The van der Waals surface area contributed by atoms with Gasteiger partial charge in [-0.2, -0.15) is 0 Å². The zero-order valence-electron chi connectivity index (χ0n) is 14.5. The van der Waals surface area contributed by atoms with Gasteiger partial charge in [0, 0.05) is 23.6 Å². The van der Waals surface area contributed by atoms with Gasteiger partial charge in [-0.1, -0.05) is 25.1 Å². The number of ether oxygens (including phenoxy) is 1. The van der Waals surface area contributed by atoms with Crippen molar-refractivity contribution in [3.05, 3.63) is 51.7 Å². The molecule has 0 saturated heterocycles. The van der Waals surface area contributed by atoms with Crippen molar-refractivity contribution < 1.29 is 9.84 Å². The molecule has 1 atom stereocenters. The molecule has 1 unspecified atom stereocenters. The van der Waals surface area contributed by atoms with Crippen LogP contribution >= 0.6 is 11.3 Å². The Hall–Kier alpha value is -1.36. The summed E-state index contributed by atoms with van der Waals surface area (Å²) in [5.74, 6) is 1.52. The summed E-state index contributed by atoms with van der Waals surface area (Å²) in [6.07, 6.45) is 5.04. The highest BCUT2D eigenvalue weighted by atomic mass is 32.1. The van der Waals surface area contributed by atoms with Crippen molar-refractivity contribution in [1.29, 1.82) is 0 Å². The maximum absolute atomic E-state index is 8.82. The van der Waals surface area contributed by atoms with Gasteiger partial charge in [-0.05, 0) is 61.1 Å². The molecule has 2 aromatic rings. The molecule has 0 radical (unpaired) electrons. The molecule has 0 amide bonds. The highest BCUT2D eigenvalue weighted by Crippen LogP contribution is 2.29. The van der Waals surface area contributed by atoms with Crippen molar-refractivity contribution in [2.75, 3.05) is 13.2 Å². The van der Waals surface area contributed by atoms with E-state index in [2.05, 4.69) is 36.6 Å². The summed E-state index contributed by atoms with van der Waals surface area (Å²) in [6, 6.07) is 10.8. The molecule has 0 spiro atoms. The zero-order valence-corrected chi connectivity index (χ0v) is 15.4. The highest BCUT2D eigenvalue weighted by Gasteiger charge is 2.11. The van der Waals surface area contributed by atoms with E-state index >= 15 is 0 Å². The quantitative estimate of drug-likeness (QED) is 0.589. The maximum Gasteiger partial charge on any atom is 0.123 e. The van der Waals surface area contributed by atoms with E-state index < -0.39 is 0 Å². The zero-order chi connectivity index (χ0) is 17.2. The van der Waals surface area contributed by atoms with E-state index in [1.165, 1.54) is 16.9 Å². The second kappa shape index (κ2) is 10.5. The summed E-state index contributed by atoms with van der Waals surface area (Å²) in [5, 5.41) is 11.0. The van der Waals surface area contributed by atoms with E-state index in [0.717, 1.165) is 37.0 Å². The molecule has 1 aromatic carbocycles. The largest absolute Gasteiger partial charge is 0.493 e. The van der Waals surface area contributed by atoms with Crippen LogP contribution in [0.4, 0.5) is 0 Å². The van der Waals surface area contributed by atoms with Crippen LogP contribution in [0, 0.1) is 0 Å². The molecule has 0 aliphatic carbocycles. The number of rotatable bonds is 11. The van der Waals surface area contributed by atoms with Crippen molar-refractivity contribution in [2.24, 2.45) is 5.73 Å². The third kappa shape index (κ3) is 5.62. The highest BCUT2D eigenvalue weighted by molar-refractivity contribution is 7.10. The molecule has 0 aliphatic rings. The van der Waals surface area contributed by atoms with Crippen molar-refractivity contribution >= 4 is 11.3 Å². The van der Waals surface area contributed by atoms with Crippen LogP contribution in [-0.2, 0) is 13.0 Å². The first-order valence-corrected chi connectivity index (χ1v) is 9.75. The Morgan fingerprint density at radius 1 is 1.25 bits per heavy atom. The van der Waals surface area contributed by atoms with Gasteiger partial charge >= 0.3 is 0 Å². The van der Waals surface area contributed by atoms with Crippen LogP contribution in [0.5, 0.6) is 5.75 Å². The third-order valence-corrected chi connectivity index (χ3v) is 5.41. The lowest BCUT2D eigenvalue weighted by molar-refractivity contribution is 0.252. The normalized spacial score (nSPS) is 12.3. The minimum Gasteiger partial charge on any atom is -0.493 e.